The van der Waals surface area contributed by atoms with Gasteiger partial charge in [0.1, 0.15) is 0 Å². The minimum Gasteiger partial charge on any atom is -0.339 e. The summed E-state index contributed by atoms with van der Waals surface area (Å²) in [5, 5.41) is 0. The Morgan fingerprint density at radius 2 is 1.61 bits per heavy atom. The Morgan fingerprint density at radius 3 is 2.19 bits per heavy atom. The number of likely N-dealkylation sites (tertiary alicyclic amines) is 1. The standard InChI is InChI=1S/C23H32F3N3O2/c1-18(2)8-9-20(30)28-12-14-29(15-13-28)21(31)22(23(24,25)26)10-11-27(17-22)16-19-6-4-3-5-7-19/h3-7,18H,8-17H2,1-2H3. The van der Waals surface area contributed by atoms with E-state index in [0.29, 0.717) is 32.0 Å². The van der Waals surface area contributed by atoms with E-state index in [9.17, 15) is 22.8 Å². The summed E-state index contributed by atoms with van der Waals surface area (Å²) in [6.45, 7) is 5.29. The fourth-order valence-corrected chi connectivity index (χ4v) is 4.42. The first-order valence-electron chi connectivity index (χ1n) is 11.0. The summed E-state index contributed by atoms with van der Waals surface area (Å²) in [5.41, 5.74) is -1.44. The van der Waals surface area contributed by atoms with Crippen molar-refractivity contribution in [2.45, 2.75) is 45.8 Å². The minimum atomic E-state index is -4.61. The van der Waals surface area contributed by atoms with E-state index in [1.165, 1.54) is 4.90 Å². The second-order valence-corrected chi connectivity index (χ2v) is 9.13. The molecular formula is C23H32F3N3O2. The lowest BCUT2D eigenvalue weighted by Crippen LogP contribution is -2.58. The number of alkyl halides is 3. The van der Waals surface area contributed by atoms with Gasteiger partial charge in [-0.15, -0.1) is 0 Å². The van der Waals surface area contributed by atoms with Gasteiger partial charge in [-0.25, -0.2) is 0 Å². The summed E-state index contributed by atoms with van der Waals surface area (Å²) in [7, 11) is 0. The molecule has 1 atom stereocenters. The average Bonchev–Trinajstić information content (AvgIpc) is 3.17. The van der Waals surface area contributed by atoms with Crippen molar-refractivity contribution in [3.05, 3.63) is 35.9 Å². The zero-order valence-electron chi connectivity index (χ0n) is 18.3. The summed E-state index contributed by atoms with van der Waals surface area (Å²) < 4.78 is 42.5. The molecule has 8 heteroatoms. The Kier molecular flexibility index (Phi) is 7.29. The first-order chi connectivity index (χ1) is 14.6. The van der Waals surface area contributed by atoms with Crippen LogP contribution in [0.15, 0.2) is 30.3 Å². The van der Waals surface area contributed by atoms with Crippen LogP contribution in [0, 0.1) is 11.3 Å². The van der Waals surface area contributed by atoms with Crippen LogP contribution in [0.4, 0.5) is 13.2 Å². The van der Waals surface area contributed by atoms with Crippen molar-refractivity contribution in [3.63, 3.8) is 0 Å². The molecule has 0 saturated carbocycles. The van der Waals surface area contributed by atoms with Gasteiger partial charge in [0, 0.05) is 45.7 Å². The van der Waals surface area contributed by atoms with Crippen LogP contribution in [-0.4, -0.2) is 72.0 Å². The fraction of sp³-hybridized carbons (Fsp3) is 0.652. The SMILES string of the molecule is CC(C)CCC(=O)N1CCN(C(=O)C2(C(F)(F)F)CCN(Cc3ccccc3)C2)CC1. The van der Waals surface area contributed by atoms with E-state index >= 15 is 0 Å². The number of carbonyl (C=O) groups is 2. The molecule has 2 aliphatic heterocycles. The number of hydrogen-bond donors (Lipinski definition) is 0. The predicted molar refractivity (Wildman–Crippen MR) is 112 cm³/mol. The van der Waals surface area contributed by atoms with Crippen molar-refractivity contribution in [3.8, 4) is 0 Å². The van der Waals surface area contributed by atoms with Gasteiger partial charge in [-0.1, -0.05) is 44.2 Å². The third-order valence-corrected chi connectivity index (χ3v) is 6.40. The molecule has 0 N–H and O–H groups in total. The van der Waals surface area contributed by atoms with Crippen LogP contribution in [0.2, 0.25) is 0 Å². The molecule has 2 aliphatic rings. The highest BCUT2D eigenvalue weighted by Crippen LogP contribution is 2.47. The molecule has 0 aromatic heterocycles. The lowest BCUT2D eigenvalue weighted by atomic mass is 9.84. The number of nitrogens with zero attached hydrogens (tertiary/aromatic N) is 3. The van der Waals surface area contributed by atoms with Gasteiger partial charge < -0.3 is 9.80 Å². The Balaban J connectivity index is 1.63. The zero-order valence-corrected chi connectivity index (χ0v) is 18.3. The number of halogens is 3. The Hall–Kier alpha value is -2.09. The Labute approximate surface area is 182 Å². The number of amides is 2. The predicted octanol–water partition coefficient (Wildman–Crippen LogP) is 3.55. The zero-order chi connectivity index (χ0) is 22.6. The van der Waals surface area contributed by atoms with Crippen molar-refractivity contribution in [2.24, 2.45) is 11.3 Å². The van der Waals surface area contributed by atoms with E-state index in [4.69, 9.17) is 0 Å². The molecule has 1 unspecified atom stereocenters. The number of piperazine rings is 1. The van der Waals surface area contributed by atoms with Gasteiger partial charge in [0.15, 0.2) is 5.41 Å². The molecule has 0 spiro atoms. The van der Waals surface area contributed by atoms with Crippen LogP contribution in [0.25, 0.3) is 0 Å². The third-order valence-electron chi connectivity index (χ3n) is 6.40. The molecule has 0 aliphatic carbocycles. The highest BCUT2D eigenvalue weighted by Gasteiger charge is 2.64. The second-order valence-electron chi connectivity index (χ2n) is 9.13. The lowest BCUT2D eigenvalue weighted by Gasteiger charge is -2.40. The molecule has 3 rings (SSSR count). The van der Waals surface area contributed by atoms with Gasteiger partial charge in [-0.05, 0) is 30.9 Å². The molecule has 0 bridgehead atoms. The first kappa shape index (κ1) is 23.6. The highest BCUT2D eigenvalue weighted by molar-refractivity contribution is 5.85. The lowest BCUT2D eigenvalue weighted by molar-refractivity contribution is -0.224. The quantitative estimate of drug-likeness (QED) is 0.681. The fourth-order valence-electron chi connectivity index (χ4n) is 4.42. The molecular weight excluding hydrogens is 407 g/mol. The summed E-state index contributed by atoms with van der Waals surface area (Å²) >= 11 is 0. The third kappa shape index (κ3) is 5.40. The largest absolute Gasteiger partial charge is 0.404 e. The molecule has 2 saturated heterocycles. The topological polar surface area (TPSA) is 43.9 Å². The van der Waals surface area contributed by atoms with Crippen molar-refractivity contribution in [1.82, 2.24) is 14.7 Å². The molecule has 2 amide bonds. The van der Waals surface area contributed by atoms with Crippen LogP contribution in [0.1, 0.15) is 38.7 Å². The summed E-state index contributed by atoms with van der Waals surface area (Å²) in [5.74, 6) is -0.411. The highest BCUT2D eigenvalue weighted by atomic mass is 19.4. The summed E-state index contributed by atoms with van der Waals surface area (Å²) in [6.07, 6.45) is -3.62. The minimum absolute atomic E-state index is 0.0150. The molecule has 172 valence electrons. The van der Waals surface area contributed by atoms with Crippen LogP contribution >= 0.6 is 0 Å². The van der Waals surface area contributed by atoms with Gasteiger partial charge in [-0.3, -0.25) is 14.5 Å². The second kappa shape index (κ2) is 9.59. The van der Waals surface area contributed by atoms with Crippen molar-refractivity contribution in [1.29, 1.82) is 0 Å². The van der Waals surface area contributed by atoms with Gasteiger partial charge >= 0.3 is 6.18 Å². The van der Waals surface area contributed by atoms with E-state index in [0.717, 1.165) is 12.0 Å². The number of hydrogen-bond acceptors (Lipinski definition) is 3. The molecule has 2 heterocycles. The van der Waals surface area contributed by atoms with E-state index in [-0.39, 0.29) is 38.5 Å². The van der Waals surface area contributed by atoms with E-state index < -0.39 is 17.5 Å². The maximum Gasteiger partial charge on any atom is 0.404 e. The van der Waals surface area contributed by atoms with E-state index in [2.05, 4.69) is 0 Å². The average molecular weight is 440 g/mol. The Morgan fingerprint density at radius 1 is 1.00 bits per heavy atom. The summed E-state index contributed by atoms with van der Waals surface area (Å²) in [6, 6.07) is 9.34. The van der Waals surface area contributed by atoms with Crippen molar-refractivity contribution >= 4 is 11.8 Å². The van der Waals surface area contributed by atoms with Crippen LogP contribution < -0.4 is 0 Å². The van der Waals surface area contributed by atoms with Gasteiger partial charge in [0.2, 0.25) is 11.8 Å². The smallest absolute Gasteiger partial charge is 0.339 e. The normalized spacial score (nSPS) is 22.9. The maximum absolute atomic E-state index is 14.2. The first-order valence-corrected chi connectivity index (χ1v) is 11.0. The van der Waals surface area contributed by atoms with E-state index in [1.54, 1.807) is 9.80 Å². The number of rotatable bonds is 6. The molecule has 31 heavy (non-hydrogen) atoms. The van der Waals surface area contributed by atoms with Crippen LogP contribution in [0.5, 0.6) is 0 Å². The van der Waals surface area contributed by atoms with Crippen LogP contribution in [-0.2, 0) is 16.1 Å². The Bertz CT molecular complexity index is 761. The maximum atomic E-state index is 14.2. The van der Waals surface area contributed by atoms with E-state index in [1.807, 2.05) is 44.2 Å². The van der Waals surface area contributed by atoms with Crippen molar-refractivity contribution in [2.75, 3.05) is 39.3 Å². The molecule has 1 aromatic rings. The molecule has 5 nitrogen and oxygen atoms in total. The monoisotopic (exact) mass is 439 g/mol. The molecule has 0 radical (unpaired) electrons. The molecule has 1 aromatic carbocycles. The summed E-state index contributed by atoms with van der Waals surface area (Å²) in [4.78, 5) is 30.1. The number of carbonyl (C=O) groups excluding carboxylic acids is 2. The molecule has 2 fully saturated rings. The van der Waals surface area contributed by atoms with Gasteiger partial charge in [0.05, 0.1) is 0 Å². The van der Waals surface area contributed by atoms with Crippen LogP contribution in [0.3, 0.4) is 0 Å². The van der Waals surface area contributed by atoms with Crippen molar-refractivity contribution < 1.29 is 22.8 Å². The van der Waals surface area contributed by atoms with Gasteiger partial charge in [0.25, 0.3) is 0 Å². The van der Waals surface area contributed by atoms with Gasteiger partial charge in [-0.2, -0.15) is 13.2 Å². The number of benzene rings is 1.